The van der Waals surface area contributed by atoms with Gasteiger partial charge < -0.3 is 14.7 Å². The van der Waals surface area contributed by atoms with Gasteiger partial charge in [0.05, 0.1) is 11.0 Å². The van der Waals surface area contributed by atoms with Crippen molar-refractivity contribution in [2.75, 3.05) is 18.1 Å². The summed E-state index contributed by atoms with van der Waals surface area (Å²) in [6, 6.07) is 2.01. The average Bonchev–Trinajstić information content (AvgIpc) is 2.97. The van der Waals surface area contributed by atoms with Crippen LogP contribution >= 0.6 is 11.8 Å². The molecule has 24 heavy (non-hydrogen) atoms. The third-order valence-corrected chi connectivity index (χ3v) is 5.76. The van der Waals surface area contributed by atoms with E-state index in [0.29, 0.717) is 23.4 Å². The first-order valence-electron chi connectivity index (χ1n) is 8.48. The van der Waals surface area contributed by atoms with Crippen molar-refractivity contribution in [3.8, 4) is 0 Å². The van der Waals surface area contributed by atoms with Crippen molar-refractivity contribution in [2.24, 2.45) is 5.92 Å². The number of amides is 2. The summed E-state index contributed by atoms with van der Waals surface area (Å²) in [5.41, 5.74) is 0. The maximum absolute atomic E-state index is 12.4. The van der Waals surface area contributed by atoms with Crippen LogP contribution in [0.15, 0.2) is 10.6 Å². The Kier molecular flexibility index (Phi) is 6.71. The number of nitrogens with zero attached hydrogens (tertiary/aromatic N) is 2. The zero-order valence-corrected chi connectivity index (χ0v) is 15.7. The lowest BCUT2D eigenvalue weighted by Gasteiger charge is -2.33. The number of rotatable bonds is 6. The number of nitrogens with one attached hydrogen (secondary N) is 1. The Labute approximate surface area is 147 Å². The van der Waals surface area contributed by atoms with Crippen LogP contribution in [0.3, 0.4) is 0 Å². The Morgan fingerprint density at radius 3 is 2.67 bits per heavy atom. The molecule has 1 aliphatic carbocycles. The molecule has 0 radical (unpaired) electrons. The summed E-state index contributed by atoms with van der Waals surface area (Å²) in [6.45, 7) is 5.83. The molecule has 2 amide bonds. The fraction of sp³-hybridized carbons (Fsp3) is 0.706. The molecule has 0 spiro atoms. The molecule has 1 heterocycles. The van der Waals surface area contributed by atoms with Gasteiger partial charge in [0.25, 0.3) is 0 Å². The lowest BCUT2D eigenvalue weighted by atomic mass is 9.87. The van der Waals surface area contributed by atoms with Crippen molar-refractivity contribution in [3.63, 3.8) is 0 Å². The van der Waals surface area contributed by atoms with Crippen molar-refractivity contribution in [2.45, 2.75) is 57.7 Å². The van der Waals surface area contributed by atoms with Gasteiger partial charge >= 0.3 is 0 Å². The van der Waals surface area contributed by atoms with Crippen LogP contribution in [0, 0.1) is 12.8 Å². The van der Waals surface area contributed by atoms with Crippen LogP contribution in [0.1, 0.15) is 45.3 Å². The van der Waals surface area contributed by atoms with E-state index >= 15 is 0 Å². The predicted molar refractivity (Wildman–Crippen MR) is 96.0 cm³/mol. The zero-order valence-electron chi connectivity index (χ0n) is 14.9. The number of thioether (sulfide) groups is 1. The van der Waals surface area contributed by atoms with Gasteiger partial charge in [0.1, 0.15) is 5.76 Å². The van der Waals surface area contributed by atoms with E-state index in [1.807, 2.05) is 11.9 Å². The van der Waals surface area contributed by atoms with Crippen LogP contribution in [0.5, 0.6) is 0 Å². The first kappa shape index (κ1) is 18.8. The minimum Gasteiger partial charge on any atom is -0.360 e. The number of aryl methyl sites for hydroxylation is 1. The van der Waals surface area contributed by atoms with Gasteiger partial charge in [0.2, 0.25) is 11.8 Å². The van der Waals surface area contributed by atoms with Crippen molar-refractivity contribution in [1.82, 2.24) is 10.1 Å². The smallest absolute Gasteiger partial charge is 0.238 e. The minimum atomic E-state index is -0.328. The normalized spacial score (nSPS) is 22.0. The van der Waals surface area contributed by atoms with E-state index in [0.717, 1.165) is 18.8 Å². The minimum absolute atomic E-state index is 0.0940. The maximum atomic E-state index is 12.4. The van der Waals surface area contributed by atoms with Gasteiger partial charge in [0, 0.05) is 19.2 Å². The van der Waals surface area contributed by atoms with Gasteiger partial charge in [-0.25, -0.2) is 0 Å². The Morgan fingerprint density at radius 2 is 2.08 bits per heavy atom. The first-order valence-corrected chi connectivity index (χ1v) is 9.53. The molecule has 2 rings (SSSR count). The van der Waals surface area contributed by atoms with E-state index in [4.69, 9.17) is 4.52 Å². The molecule has 0 aliphatic heterocycles. The monoisotopic (exact) mass is 353 g/mol. The van der Waals surface area contributed by atoms with E-state index in [-0.39, 0.29) is 17.1 Å². The second-order valence-electron chi connectivity index (χ2n) is 6.68. The van der Waals surface area contributed by atoms with Crippen LogP contribution in [0.4, 0.5) is 5.82 Å². The molecule has 1 fully saturated rings. The summed E-state index contributed by atoms with van der Waals surface area (Å²) in [4.78, 5) is 26.3. The van der Waals surface area contributed by atoms with Crippen LogP contribution in [-0.2, 0) is 9.59 Å². The molecule has 1 aliphatic rings. The standard InChI is InChI=1S/C17H27N3O3S/c1-11-5-7-14(8-6-11)20(4)16(21)10-24-13(3)17(22)18-15-9-12(2)23-19-15/h9,11,13-14H,5-8,10H2,1-4H3,(H,18,19,22). The highest BCUT2D eigenvalue weighted by Crippen LogP contribution is 2.27. The molecule has 1 unspecified atom stereocenters. The van der Waals surface area contributed by atoms with E-state index in [1.54, 1.807) is 19.9 Å². The van der Waals surface area contributed by atoms with Crippen molar-refractivity contribution >= 4 is 29.4 Å². The Balaban J connectivity index is 1.74. The quantitative estimate of drug-likeness (QED) is 0.850. The molecule has 1 aromatic rings. The van der Waals surface area contributed by atoms with Crippen molar-refractivity contribution in [3.05, 3.63) is 11.8 Å². The molecule has 7 heteroatoms. The number of carbonyl (C=O) groups is 2. The van der Waals surface area contributed by atoms with Gasteiger partial charge in [-0.15, -0.1) is 11.8 Å². The Hall–Kier alpha value is -1.50. The van der Waals surface area contributed by atoms with Gasteiger partial charge in [-0.1, -0.05) is 12.1 Å². The van der Waals surface area contributed by atoms with Crippen molar-refractivity contribution < 1.29 is 14.1 Å². The van der Waals surface area contributed by atoms with Gasteiger partial charge in [-0.2, -0.15) is 0 Å². The SMILES string of the molecule is Cc1cc(NC(=O)C(C)SCC(=O)N(C)C2CCC(C)CC2)no1. The lowest BCUT2D eigenvalue weighted by molar-refractivity contribution is -0.129. The largest absolute Gasteiger partial charge is 0.360 e. The van der Waals surface area contributed by atoms with Crippen LogP contribution in [-0.4, -0.2) is 46.0 Å². The topological polar surface area (TPSA) is 75.4 Å². The Bertz CT molecular complexity index is 567. The summed E-state index contributed by atoms with van der Waals surface area (Å²) in [7, 11) is 1.88. The summed E-state index contributed by atoms with van der Waals surface area (Å²) in [5, 5.41) is 6.10. The molecule has 1 N–H and O–H groups in total. The molecular weight excluding hydrogens is 326 g/mol. The fourth-order valence-electron chi connectivity index (χ4n) is 2.86. The summed E-state index contributed by atoms with van der Waals surface area (Å²) in [6.07, 6.45) is 4.53. The summed E-state index contributed by atoms with van der Waals surface area (Å²) >= 11 is 1.35. The van der Waals surface area contributed by atoms with Crippen LogP contribution in [0.25, 0.3) is 0 Å². The lowest BCUT2D eigenvalue weighted by Crippen LogP contribution is -2.40. The first-order chi connectivity index (χ1) is 11.4. The molecule has 0 aromatic carbocycles. The fourth-order valence-corrected chi connectivity index (χ4v) is 3.67. The zero-order chi connectivity index (χ0) is 17.7. The summed E-state index contributed by atoms with van der Waals surface area (Å²) < 4.78 is 4.92. The van der Waals surface area contributed by atoms with Gasteiger partial charge in [-0.05, 0) is 45.4 Å². The highest BCUT2D eigenvalue weighted by Gasteiger charge is 2.25. The van der Waals surface area contributed by atoms with Crippen LogP contribution in [0.2, 0.25) is 0 Å². The highest BCUT2D eigenvalue weighted by atomic mass is 32.2. The molecular formula is C17H27N3O3S. The molecule has 134 valence electrons. The molecule has 1 atom stereocenters. The molecule has 6 nitrogen and oxygen atoms in total. The number of carbonyl (C=O) groups excluding carboxylic acids is 2. The molecule has 1 aromatic heterocycles. The second-order valence-corrected chi connectivity index (χ2v) is 8.01. The highest BCUT2D eigenvalue weighted by molar-refractivity contribution is 8.01. The van der Waals surface area contributed by atoms with Crippen molar-refractivity contribution in [1.29, 1.82) is 0 Å². The molecule has 0 saturated heterocycles. The number of hydrogen-bond acceptors (Lipinski definition) is 5. The molecule has 1 saturated carbocycles. The Morgan fingerprint density at radius 1 is 1.42 bits per heavy atom. The maximum Gasteiger partial charge on any atom is 0.238 e. The van der Waals surface area contributed by atoms with E-state index < -0.39 is 0 Å². The number of hydrogen-bond donors (Lipinski definition) is 1. The van der Waals surface area contributed by atoms with Gasteiger partial charge in [0.15, 0.2) is 5.82 Å². The van der Waals surface area contributed by atoms with E-state index in [2.05, 4.69) is 17.4 Å². The van der Waals surface area contributed by atoms with Gasteiger partial charge in [-0.3, -0.25) is 9.59 Å². The predicted octanol–water partition coefficient (Wildman–Crippen LogP) is 3.08. The summed E-state index contributed by atoms with van der Waals surface area (Å²) in [5.74, 6) is 2.05. The van der Waals surface area contributed by atoms with Crippen LogP contribution < -0.4 is 5.32 Å². The average molecular weight is 353 g/mol. The molecule has 0 bridgehead atoms. The number of aromatic nitrogens is 1. The number of anilines is 1. The van der Waals surface area contributed by atoms with E-state index in [1.165, 1.54) is 24.6 Å². The third-order valence-electron chi connectivity index (χ3n) is 4.63. The van der Waals surface area contributed by atoms with E-state index in [9.17, 15) is 9.59 Å². The second kappa shape index (κ2) is 8.55. The third kappa shape index (κ3) is 5.26.